The Morgan fingerprint density at radius 2 is 2.31 bits per heavy atom. The lowest BCUT2D eigenvalue weighted by atomic mass is 9.82. The fourth-order valence-corrected chi connectivity index (χ4v) is 5.74. The molecule has 1 saturated heterocycles. The maximum absolute atomic E-state index is 12.8. The molecular formula is C19H25F2N3OS. The average molecular weight is 381 g/mol. The van der Waals surface area contributed by atoms with Crippen molar-refractivity contribution in [3.63, 3.8) is 0 Å². The molecule has 0 radical (unpaired) electrons. The molecule has 4 heterocycles. The Bertz CT molecular complexity index is 775. The van der Waals surface area contributed by atoms with Crippen LogP contribution in [-0.4, -0.2) is 40.3 Å². The van der Waals surface area contributed by atoms with Crippen LogP contribution in [0.5, 0.6) is 0 Å². The van der Waals surface area contributed by atoms with Crippen LogP contribution in [0, 0.1) is 0 Å². The first-order valence-electron chi connectivity index (χ1n) is 9.21. The number of fused-ring (bicyclic) bond motifs is 2. The van der Waals surface area contributed by atoms with E-state index in [4.69, 9.17) is 4.74 Å². The van der Waals surface area contributed by atoms with Gasteiger partial charge in [0, 0.05) is 54.1 Å². The number of halogens is 2. The van der Waals surface area contributed by atoms with Crippen molar-refractivity contribution < 1.29 is 13.5 Å². The van der Waals surface area contributed by atoms with Crippen LogP contribution < -0.4 is 0 Å². The van der Waals surface area contributed by atoms with Gasteiger partial charge in [-0.3, -0.25) is 9.58 Å². The molecule has 7 heteroatoms. The lowest BCUT2D eigenvalue weighted by molar-refractivity contribution is -0.110. The summed E-state index contributed by atoms with van der Waals surface area (Å²) in [4.78, 5) is 4.46. The number of rotatable bonds is 4. The highest BCUT2D eigenvalue weighted by molar-refractivity contribution is 7.12. The molecule has 1 fully saturated rings. The molecule has 2 aliphatic heterocycles. The SMILES string of the molecule is C[C@H]1C[C@@]2(CCN1Cc1cnn(C)c1)OCCc1cc(CC(F)F)sc12. The van der Waals surface area contributed by atoms with E-state index >= 15 is 0 Å². The lowest BCUT2D eigenvalue weighted by Gasteiger charge is -2.47. The van der Waals surface area contributed by atoms with Gasteiger partial charge in [-0.25, -0.2) is 8.78 Å². The van der Waals surface area contributed by atoms with Gasteiger partial charge >= 0.3 is 0 Å². The molecular weight excluding hydrogens is 356 g/mol. The van der Waals surface area contributed by atoms with E-state index in [-0.39, 0.29) is 12.0 Å². The number of piperidine rings is 1. The molecule has 0 saturated carbocycles. The van der Waals surface area contributed by atoms with Gasteiger partial charge in [0.15, 0.2) is 0 Å². The second-order valence-corrected chi connectivity index (χ2v) is 8.69. The summed E-state index contributed by atoms with van der Waals surface area (Å²) in [6.07, 6.45) is 4.21. The number of likely N-dealkylation sites (tertiary alicyclic amines) is 1. The molecule has 2 atom stereocenters. The maximum Gasteiger partial charge on any atom is 0.243 e. The number of alkyl halides is 2. The Kier molecular flexibility index (Phi) is 4.88. The van der Waals surface area contributed by atoms with Crippen LogP contribution in [-0.2, 0) is 36.8 Å². The minimum Gasteiger partial charge on any atom is -0.369 e. The van der Waals surface area contributed by atoms with Crippen molar-refractivity contribution in [2.45, 2.75) is 57.2 Å². The minimum absolute atomic E-state index is 0.142. The number of aryl methyl sites for hydroxylation is 1. The van der Waals surface area contributed by atoms with Crippen LogP contribution in [0.2, 0.25) is 0 Å². The molecule has 4 rings (SSSR count). The third-order valence-electron chi connectivity index (χ3n) is 5.57. The summed E-state index contributed by atoms with van der Waals surface area (Å²) >= 11 is 1.54. The number of aromatic nitrogens is 2. The number of thiophene rings is 1. The highest BCUT2D eigenvalue weighted by Crippen LogP contribution is 2.47. The molecule has 2 aromatic rings. The molecule has 1 spiro atoms. The highest BCUT2D eigenvalue weighted by Gasteiger charge is 2.44. The van der Waals surface area contributed by atoms with E-state index < -0.39 is 6.43 Å². The Hall–Kier alpha value is -1.31. The summed E-state index contributed by atoms with van der Waals surface area (Å²) in [7, 11) is 1.93. The monoisotopic (exact) mass is 381 g/mol. The van der Waals surface area contributed by atoms with E-state index in [1.807, 2.05) is 24.0 Å². The fraction of sp³-hybridized carbons (Fsp3) is 0.632. The maximum atomic E-state index is 12.8. The first-order chi connectivity index (χ1) is 12.4. The first-order valence-corrected chi connectivity index (χ1v) is 10.0. The molecule has 2 aliphatic rings. The molecule has 26 heavy (non-hydrogen) atoms. The summed E-state index contributed by atoms with van der Waals surface area (Å²) in [5, 5.41) is 4.25. The zero-order valence-corrected chi connectivity index (χ0v) is 16.1. The van der Waals surface area contributed by atoms with Gasteiger partial charge in [0.1, 0.15) is 5.60 Å². The molecule has 0 amide bonds. The standard InChI is InChI=1S/C19H25F2N3OS/c1-13-9-19(4-5-24(13)12-14-10-22-23(2)11-14)18-15(3-6-25-19)7-16(26-18)8-17(20)21/h7,10-11,13,17H,3-6,8-9,12H2,1-2H3/t13-,19+/m0/s1. The second kappa shape index (κ2) is 7.02. The zero-order chi connectivity index (χ0) is 18.3. The Balaban J connectivity index is 1.52. The normalized spacial score (nSPS) is 26.6. The molecule has 0 unspecified atom stereocenters. The molecule has 4 nitrogen and oxygen atoms in total. The highest BCUT2D eigenvalue weighted by atomic mass is 32.1. The third kappa shape index (κ3) is 3.44. The molecule has 0 bridgehead atoms. The van der Waals surface area contributed by atoms with Gasteiger partial charge in [-0.15, -0.1) is 11.3 Å². The summed E-state index contributed by atoms with van der Waals surface area (Å²) in [5.41, 5.74) is 2.16. The van der Waals surface area contributed by atoms with E-state index in [2.05, 4.69) is 23.1 Å². The van der Waals surface area contributed by atoms with Crippen LogP contribution in [0.15, 0.2) is 18.5 Å². The summed E-state index contributed by atoms with van der Waals surface area (Å²) in [5.74, 6) is 0. The van der Waals surface area contributed by atoms with Crippen LogP contribution in [0.25, 0.3) is 0 Å². The fourth-order valence-electron chi connectivity index (χ4n) is 4.35. The van der Waals surface area contributed by atoms with Gasteiger partial charge in [-0.05, 0) is 37.8 Å². The Morgan fingerprint density at radius 1 is 1.46 bits per heavy atom. The van der Waals surface area contributed by atoms with E-state index in [1.54, 1.807) is 11.3 Å². The predicted octanol–water partition coefficient (Wildman–Crippen LogP) is 3.74. The van der Waals surface area contributed by atoms with Gasteiger partial charge in [0.2, 0.25) is 6.43 Å². The van der Waals surface area contributed by atoms with Gasteiger partial charge in [0.05, 0.1) is 12.8 Å². The molecule has 2 aromatic heterocycles. The third-order valence-corrected chi connectivity index (χ3v) is 6.96. The minimum atomic E-state index is -2.28. The molecule has 0 aromatic carbocycles. The molecule has 0 N–H and O–H groups in total. The molecule has 142 valence electrons. The summed E-state index contributed by atoms with van der Waals surface area (Å²) < 4.78 is 33.7. The van der Waals surface area contributed by atoms with Gasteiger partial charge < -0.3 is 4.74 Å². The van der Waals surface area contributed by atoms with Crippen LogP contribution in [0.1, 0.15) is 40.6 Å². The van der Waals surface area contributed by atoms with E-state index in [1.165, 1.54) is 16.0 Å². The largest absolute Gasteiger partial charge is 0.369 e. The molecule has 0 aliphatic carbocycles. The zero-order valence-electron chi connectivity index (χ0n) is 15.3. The summed E-state index contributed by atoms with van der Waals surface area (Å²) in [6, 6.07) is 2.36. The smallest absolute Gasteiger partial charge is 0.243 e. The van der Waals surface area contributed by atoms with Gasteiger partial charge in [-0.1, -0.05) is 0 Å². The van der Waals surface area contributed by atoms with Crippen molar-refractivity contribution in [1.82, 2.24) is 14.7 Å². The van der Waals surface area contributed by atoms with Crippen LogP contribution in [0.4, 0.5) is 8.78 Å². The van der Waals surface area contributed by atoms with Crippen LogP contribution in [0.3, 0.4) is 0 Å². The second-order valence-electron chi connectivity index (χ2n) is 7.55. The van der Waals surface area contributed by atoms with Crippen molar-refractivity contribution in [2.24, 2.45) is 7.05 Å². The number of ether oxygens (including phenoxy) is 1. The summed E-state index contributed by atoms with van der Waals surface area (Å²) in [6.45, 7) is 4.76. The van der Waals surface area contributed by atoms with Crippen molar-refractivity contribution >= 4 is 11.3 Å². The van der Waals surface area contributed by atoms with Gasteiger partial charge in [-0.2, -0.15) is 5.10 Å². The Morgan fingerprint density at radius 3 is 3.00 bits per heavy atom. The number of hydrogen-bond acceptors (Lipinski definition) is 4. The van der Waals surface area contributed by atoms with Crippen molar-refractivity contribution in [2.75, 3.05) is 13.2 Å². The van der Waals surface area contributed by atoms with Gasteiger partial charge in [0.25, 0.3) is 0 Å². The van der Waals surface area contributed by atoms with Crippen molar-refractivity contribution in [3.05, 3.63) is 39.3 Å². The van der Waals surface area contributed by atoms with Crippen molar-refractivity contribution in [1.29, 1.82) is 0 Å². The predicted molar refractivity (Wildman–Crippen MR) is 97.7 cm³/mol. The van der Waals surface area contributed by atoms with E-state index in [9.17, 15) is 8.78 Å². The van der Waals surface area contributed by atoms with Crippen LogP contribution >= 0.6 is 11.3 Å². The average Bonchev–Trinajstić information content (AvgIpc) is 3.16. The number of hydrogen-bond donors (Lipinski definition) is 0. The lowest BCUT2D eigenvalue weighted by Crippen LogP contribution is -2.49. The van der Waals surface area contributed by atoms with Crippen molar-refractivity contribution in [3.8, 4) is 0 Å². The quantitative estimate of drug-likeness (QED) is 0.808. The van der Waals surface area contributed by atoms with E-state index in [0.29, 0.717) is 12.6 Å². The Labute approximate surface area is 156 Å². The number of nitrogens with zero attached hydrogens (tertiary/aromatic N) is 3. The topological polar surface area (TPSA) is 30.3 Å². The van der Waals surface area contributed by atoms with E-state index in [0.717, 1.165) is 37.2 Å². The first kappa shape index (κ1) is 18.1.